The van der Waals surface area contributed by atoms with Crippen LogP contribution in [0, 0.1) is 0 Å². The van der Waals surface area contributed by atoms with E-state index in [1.807, 2.05) is 17.8 Å². The SMILES string of the molecule is CN(C)c1cc(C(F)(F)F)nc(NC2CCN(c3nccn3C)CC2)n1. The Bertz CT molecular complexity index is 749. The molecule has 1 aliphatic rings. The van der Waals surface area contributed by atoms with Crippen molar-refractivity contribution in [3.63, 3.8) is 0 Å². The minimum absolute atomic E-state index is 0.0129. The highest BCUT2D eigenvalue weighted by Gasteiger charge is 2.34. The van der Waals surface area contributed by atoms with E-state index in [4.69, 9.17) is 0 Å². The van der Waals surface area contributed by atoms with Crippen molar-refractivity contribution in [2.75, 3.05) is 42.3 Å². The number of hydrogen-bond acceptors (Lipinski definition) is 6. The molecular formula is C16H22F3N7. The van der Waals surface area contributed by atoms with E-state index in [2.05, 4.69) is 25.2 Å². The van der Waals surface area contributed by atoms with Crippen LogP contribution in [-0.2, 0) is 13.2 Å². The predicted molar refractivity (Wildman–Crippen MR) is 93.4 cm³/mol. The van der Waals surface area contributed by atoms with Crippen molar-refractivity contribution in [3.05, 3.63) is 24.2 Å². The molecule has 1 fully saturated rings. The number of imidazole rings is 1. The number of anilines is 3. The monoisotopic (exact) mass is 369 g/mol. The zero-order valence-electron chi connectivity index (χ0n) is 15.0. The number of rotatable bonds is 4. The molecule has 2 aromatic heterocycles. The molecule has 0 unspecified atom stereocenters. The van der Waals surface area contributed by atoms with Gasteiger partial charge in [0.15, 0.2) is 5.69 Å². The molecule has 3 rings (SSSR count). The Hall–Kier alpha value is -2.52. The fourth-order valence-electron chi connectivity index (χ4n) is 2.94. The van der Waals surface area contributed by atoms with Crippen LogP contribution >= 0.6 is 0 Å². The average molecular weight is 369 g/mol. The number of nitrogens with zero attached hydrogens (tertiary/aromatic N) is 6. The van der Waals surface area contributed by atoms with Crippen LogP contribution in [0.5, 0.6) is 0 Å². The van der Waals surface area contributed by atoms with Gasteiger partial charge in [-0.05, 0) is 12.8 Å². The lowest BCUT2D eigenvalue weighted by Gasteiger charge is -2.33. The fourth-order valence-corrected chi connectivity index (χ4v) is 2.94. The Kier molecular flexibility index (Phi) is 4.92. The molecule has 0 amide bonds. The Balaban J connectivity index is 1.70. The topological polar surface area (TPSA) is 62.1 Å². The van der Waals surface area contributed by atoms with Crippen LogP contribution in [0.3, 0.4) is 0 Å². The second-order valence-corrected chi connectivity index (χ2v) is 6.57. The highest BCUT2D eigenvalue weighted by atomic mass is 19.4. The van der Waals surface area contributed by atoms with Gasteiger partial charge in [-0.3, -0.25) is 0 Å². The molecule has 0 bridgehead atoms. The summed E-state index contributed by atoms with van der Waals surface area (Å²) in [5.41, 5.74) is -0.941. The largest absolute Gasteiger partial charge is 0.433 e. The summed E-state index contributed by atoms with van der Waals surface area (Å²) in [4.78, 5) is 15.9. The molecule has 2 aromatic rings. The first-order chi connectivity index (χ1) is 12.2. The molecule has 1 aliphatic heterocycles. The van der Waals surface area contributed by atoms with Gasteiger partial charge < -0.3 is 19.7 Å². The van der Waals surface area contributed by atoms with Gasteiger partial charge in [-0.2, -0.15) is 18.2 Å². The molecule has 142 valence electrons. The predicted octanol–water partition coefficient (Wildman–Crippen LogP) is 2.38. The third-order valence-electron chi connectivity index (χ3n) is 4.37. The summed E-state index contributed by atoms with van der Waals surface area (Å²) >= 11 is 0. The van der Waals surface area contributed by atoms with E-state index in [0.717, 1.165) is 37.9 Å². The van der Waals surface area contributed by atoms with Crippen molar-refractivity contribution in [1.82, 2.24) is 19.5 Å². The summed E-state index contributed by atoms with van der Waals surface area (Å²) in [7, 11) is 5.24. The first-order valence-electron chi connectivity index (χ1n) is 8.36. The van der Waals surface area contributed by atoms with E-state index in [0.29, 0.717) is 0 Å². The van der Waals surface area contributed by atoms with Gasteiger partial charge in [0.2, 0.25) is 11.9 Å². The van der Waals surface area contributed by atoms with Gasteiger partial charge in [-0.25, -0.2) is 9.97 Å². The molecule has 0 spiro atoms. The van der Waals surface area contributed by atoms with Crippen molar-refractivity contribution in [2.45, 2.75) is 25.1 Å². The maximum Gasteiger partial charge on any atom is 0.433 e. The molecule has 1 N–H and O–H groups in total. The fraction of sp³-hybridized carbons (Fsp3) is 0.562. The smallest absolute Gasteiger partial charge is 0.363 e. The van der Waals surface area contributed by atoms with Gasteiger partial charge in [0.1, 0.15) is 5.82 Å². The van der Waals surface area contributed by atoms with Crippen LogP contribution in [0.4, 0.5) is 30.9 Å². The van der Waals surface area contributed by atoms with Crippen molar-refractivity contribution in [3.8, 4) is 0 Å². The molecule has 0 aromatic carbocycles. The third-order valence-corrected chi connectivity index (χ3v) is 4.37. The third kappa shape index (κ3) is 4.00. The van der Waals surface area contributed by atoms with Gasteiger partial charge in [-0.15, -0.1) is 0 Å². The number of aromatic nitrogens is 4. The lowest BCUT2D eigenvalue weighted by Crippen LogP contribution is -2.40. The van der Waals surface area contributed by atoms with Crippen molar-refractivity contribution >= 4 is 17.7 Å². The van der Waals surface area contributed by atoms with Gasteiger partial charge >= 0.3 is 6.18 Å². The maximum atomic E-state index is 13.1. The molecule has 0 atom stereocenters. The van der Waals surface area contributed by atoms with Crippen LogP contribution < -0.4 is 15.1 Å². The minimum Gasteiger partial charge on any atom is -0.363 e. The molecule has 7 nitrogen and oxygen atoms in total. The number of nitrogens with one attached hydrogen (secondary N) is 1. The summed E-state index contributed by atoms with van der Waals surface area (Å²) in [6, 6.07) is 0.972. The van der Waals surface area contributed by atoms with Gasteiger partial charge in [0.25, 0.3) is 0 Å². The normalized spacial score (nSPS) is 16.0. The van der Waals surface area contributed by atoms with Crippen LogP contribution in [0.1, 0.15) is 18.5 Å². The molecule has 3 heterocycles. The van der Waals surface area contributed by atoms with Gasteiger partial charge in [-0.1, -0.05) is 0 Å². The van der Waals surface area contributed by atoms with E-state index in [9.17, 15) is 13.2 Å². The molecular weight excluding hydrogens is 347 g/mol. The minimum atomic E-state index is -4.51. The summed E-state index contributed by atoms with van der Waals surface area (Å²) in [5.74, 6) is 1.13. The number of hydrogen-bond donors (Lipinski definition) is 1. The van der Waals surface area contributed by atoms with Crippen molar-refractivity contribution in [2.24, 2.45) is 7.05 Å². The quantitative estimate of drug-likeness (QED) is 0.893. The highest BCUT2D eigenvalue weighted by molar-refractivity contribution is 5.45. The van der Waals surface area contributed by atoms with Gasteiger partial charge in [0.05, 0.1) is 0 Å². The van der Waals surface area contributed by atoms with Crippen molar-refractivity contribution < 1.29 is 13.2 Å². The van der Waals surface area contributed by atoms with E-state index < -0.39 is 11.9 Å². The standard InChI is InChI=1S/C16H22F3N7/c1-24(2)13-10-12(16(17,18)19)22-14(23-13)21-11-4-7-26(8-5-11)15-20-6-9-25(15)3/h6,9-11H,4-5,7-8H2,1-3H3,(H,21,22,23). The Morgan fingerprint density at radius 1 is 1.19 bits per heavy atom. The van der Waals surface area contributed by atoms with E-state index >= 15 is 0 Å². The number of piperidine rings is 1. The van der Waals surface area contributed by atoms with E-state index in [1.165, 1.54) is 4.90 Å². The molecule has 1 saturated heterocycles. The van der Waals surface area contributed by atoms with Gasteiger partial charge in [0, 0.05) is 58.7 Å². The Morgan fingerprint density at radius 2 is 1.88 bits per heavy atom. The van der Waals surface area contributed by atoms with Crippen LogP contribution in [0.25, 0.3) is 0 Å². The lowest BCUT2D eigenvalue weighted by atomic mass is 10.1. The Labute approximate surface area is 149 Å². The Morgan fingerprint density at radius 3 is 2.42 bits per heavy atom. The first kappa shape index (κ1) is 18.3. The van der Waals surface area contributed by atoms with E-state index in [1.54, 1.807) is 20.3 Å². The summed E-state index contributed by atoms with van der Waals surface area (Å²) in [6.07, 6.45) is 0.664. The molecule has 0 radical (unpaired) electrons. The maximum absolute atomic E-state index is 13.1. The second kappa shape index (κ2) is 7.00. The first-order valence-corrected chi connectivity index (χ1v) is 8.36. The molecule has 0 aliphatic carbocycles. The van der Waals surface area contributed by atoms with Crippen molar-refractivity contribution in [1.29, 1.82) is 0 Å². The molecule has 26 heavy (non-hydrogen) atoms. The van der Waals surface area contributed by atoms with Crippen LogP contribution in [0.2, 0.25) is 0 Å². The number of halogens is 3. The van der Waals surface area contributed by atoms with Crippen LogP contribution in [-0.4, -0.2) is 52.7 Å². The summed E-state index contributed by atoms with van der Waals surface area (Å²) < 4.78 is 41.2. The number of alkyl halides is 3. The molecule has 0 saturated carbocycles. The number of aryl methyl sites for hydroxylation is 1. The van der Waals surface area contributed by atoms with Crippen LogP contribution in [0.15, 0.2) is 18.5 Å². The average Bonchev–Trinajstić information content (AvgIpc) is 3.00. The second-order valence-electron chi connectivity index (χ2n) is 6.57. The van der Waals surface area contributed by atoms with E-state index in [-0.39, 0.29) is 17.8 Å². The summed E-state index contributed by atoms with van der Waals surface area (Å²) in [5, 5.41) is 3.07. The zero-order valence-corrected chi connectivity index (χ0v) is 15.0. The lowest BCUT2D eigenvalue weighted by molar-refractivity contribution is -0.141. The highest BCUT2D eigenvalue weighted by Crippen LogP contribution is 2.30. The summed E-state index contributed by atoms with van der Waals surface area (Å²) in [6.45, 7) is 1.53. The zero-order chi connectivity index (χ0) is 18.9. The molecule has 10 heteroatoms.